The fraction of sp³-hybridized carbons (Fsp3) is 0.459. The van der Waals surface area contributed by atoms with Crippen molar-refractivity contribution >= 4 is 11.8 Å². The van der Waals surface area contributed by atoms with Gasteiger partial charge in [-0.25, -0.2) is 0 Å². The molecule has 3 aromatic carbocycles. The molecular weight excluding hydrogens is 506 g/mol. The van der Waals surface area contributed by atoms with Gasteiger partial charge in [-0.1, -0.05) is 106 Å². The molecule has 3 aliphatic carbocycles. The van der Waals surface area contributed by atoms with E-state index >= 15 is 0 Å². The average molecular weight is 550 g/mol. The van der Waals surface area contributed by atoms with Crippen molar-refractivity contribution < 1.29 is 14.3 Å². The summed E-state index contributed by atoms with van der Waals surface area (Å²) in [7, 11) is 0. The summed E-state index contributed by atoms with van der Waals surface area (Å²) in [6.07, 6.45) is 9.48. The first-order valence-corrected chi connectivity index (χ1v) is 15.6. The van der Waals surface area contributed by atoms with Crippen molar-refractivity contribution in [2.45, 2.75) is 95.5 Å². The van der Waals surface area contributed by atoms with Crippen LogP contribution in [0.5, 0.6) is 5.75 Å². The van der Waals surface area contributed by atoms with Gasteiger partial charge in [-0.2, -0.15) is 0 Å². The zero-order chi connectivity index (χ0) is 28.5. The van der Waals surface area contributed by atoms with E-state index in [0.29, 0.717) is 6.61 Å². The molecule has 0 saturated heterocycles. The zero-order valence-electron chi connectivity index (χ0n) is 24.6. The van der Waals surface area contributed by atoms with Crippen LogP contribution in [0.15, 0.2) is 78.9 Å². The van der Waals surface area contributed by atoms with Crippen molar-refractivity contribution in [3.8, 4) is 5.75 Å². The number of carbonyl (C=O) groups is 2. The summed E-state index contributed by atoms with van der Waals surface area (Å²) in [5.74, 6) is 0.852. The molecule has 0 radical (unpaired) electrons. The third kappa shape index (κ3) is 5.00. The van der Waals surface area contributed by atoms with Crippen molar-refractivity contribution in [1.82, 2.24) is 5.32 Å². The standard InChI is InChI=1S/C37H43NO3/c1-35-21-12-22-36(2,33(39)38-34(40)37(23-10-5-11-24-37)29-15-8-4-9-16-29)32(35)20-18-28-17-19-30(25-31(28)35)41-26-27-13-6-3-7-14-27/h3-4,6-9,13-17,19,25,32H,5,10-12,18,20-24,26H2,1-2H3,(H,38,39,40)/t32-,35-,36+/m1/s1. The average Bonchev–Trinajstić information content (AvgIpc) is 3.01. The van der Waals surface area contributed by atoms with E-state index in [9.17, 15) is 9.59 Å². The van der Waals surface area contributed by atoms with Gasteiger partial charge in [0.15, 0.2) is 0 Å². The Hall–Kier alpha value is -3.40. The van der Waals surface area contributed by atoms with Gasteiger partial charge in [-0.05, 0) is 84.2 Å². The number of amides is 2. The Bertz CT molecular complexity index is 1390. The molecule has 0 spiro atoms. The van der Waals surface area contributed by atoms with Gasteiger partial charge < -0.3 is 4.74 Å². The molecule has 4 nitrogen and oxygen atoms in total. The topological polar surface area (TPSA) is 55.4 Å². The van der Waals surface area contributed by atoms with Gasteiger partial charge in [0.1, 0.15) is 12.4 Å². The van der Waals surface area contributed by atoms with E-state index < -0.39 is 10.8 Å². The van der Waals surface area contributed by atoms with E-state index in [1.54, 1.807) is 0 Å². The Kier molecular flexibility index (Phi) is 7.52. The molecule has 0 bridgehead atoms. The molecule has 4 heteroatoms. The van der Waals surface area contributed by atoms with Gasteiger partial charge in [0.25, 0.3) is 0 Å². The number of benzene rings is 3. The highest BCUT2D eigenvalue weighted by Gasteiger charge is 2.56. The number of fused-ring (bicyclic) bond motifs is 3. The Morgan fingerprint density at radius 3 is 2.24 bits per heavy atom. The highest BCUT2D eigenvalue weighted by molar-refractivity contribution is 6.03. The molecule has 0 aromatic heterocycles. The van der Waals surface area contributed by atoms with Crippen LogP contribution in [-0.2, 0) is 33.4 Å². The summed E-state index contributed by atoms with van der Waals surface area (Å²) >= 11 is 0. The van der Waals surface area contributed by atoms with Gasteiger partial charge in [0.2, 0.25) is 11.8 Å². The quantitative estimate of drug-likeness (QED) is 0.319. The largest absolute Gasteiger partial charge is 0.489 e. The SMILES string of the molecule is C[C@]1(C(=O)NC(=O)C2(c3ccccc3)CCCCC2)CCC[C@]2(C)c3cc(OCc4ccccc4)ccc3CC[C@@H]12. The molecule has 0 aliphatic heterocycles. The van der Waals surface area contributed by atoms with Crippen molar-refractivity contribution in [3.05, 3.63) is 101 Å². The molecule has 2 fully saturated rings. The smallest absolute Gasteiger partial charge is 0.237 e. The second-order valence-corrected chi connectivity index (χ2v) is 13.2. The van der Waals surface area contributed by atoms with Crippen LogP contribution in [0.25, 0.3) is 0 Å². The minimum atomic E-state index is -0.617. The minimum Gasteiger partial charge on any atom is -0.489 e. The fourth-order valence-corrected chi connectivity index (χ4v) is 8.47. The summed E-state index contributed by atoms with van der Waals surface area (Å²) in [4.78, 5) is 28.3. The molecule has 1 N–H and O–H groups in total. The molecule has 3 aromatic rings. The Morgan fingerprint density at radius 1 is 0.805 bits per heavy atom. The Labute approximate surface area is 244 Å². The predicted molar refractivity (Wildman–Crippen MR) is 163 cm³/mol. The zero-order valence-corrected chi connectivity index (χ0v) is 24.6. The van der Waals surface area contributed by atoms with E-state index in [4.69, 9.17) is 4.74 Å². The van der Waals surface area contributed by atoms with Crippen LogP contribution in [0.4, 0.5) is 0 Å². The number of hydrogen-bond acceptors (Lipinski definition) is 3. The summed E-state index contributed by atoms with van der Waals surface area (Å²) in [5.41, 5.74) is 3.50. The molecule has 2 amide bonds. The van der Waals surface area contributed by atoms with Gasteiger partial charge in [-0.3, -0.25) is 14.9 Å². The molecular formula is C37H43NO3. The number of ether oxygens (including phenoxy) is 1. The van der Waals surface area contributed by atoms with Crippen molar-refractivity contribution in [1.29, 1.82) is 0 Å². The third-order valence-corrected chi connectivity index (χ3v) is 10.8. The van der Waals surface area contributed by atoms with Crippen LogP contribution in [0.2, 0.25) is 0 Å². The van der Waals surface area contributed by atoms with Crippen LogP contribution in [0.1, 0.15) is 93.9 Å². The van der Waals surface area contributed by atoms with Gasteiger partial charge in [0, 0.05) is 0 Å². The monoisotopic (exact) mass is 549 g/mol. The fourth-order valence-electron chi connectivity index (χ4n) is 8.47. The van der Waals surface area contributed by atoms with Crippen LogP contribution in [0.3, 0.4) is 0 Å². The molecule has 41 heavy (non-hydrogen) atoms. The lowest BCUT2D eigenvalue weighted by Crippen LogP contribution is -2.58. The first-order chi connectivity index (χ1) is 19.8. The van der Waals surface area contributed by atoms with Gasteiger partial charge in [0.05, 0.1) is 10.8 Å². The number of hydrogen-bond donors (Lipinski definition) is 1. The summed E-state index contributed by atoms with van der Waals surface area (Å²) in [5, 5.41) is 3.02. The number of aryl methyl sites for hydroxylation is 1. The number of rotatable bonds is 6. The lowest BCUT2D eigenvalue weighted by molar-refractivity contribution is -0.145. The summed E-state index contributed by atoms with van der Waals surface area (Å²) in [6.45, 7) is 5.00. The van der Waals surface area contributed by atoms with E-state index in [2.05, 4.69) is 61.6 Å². The highest BCUT2D eigenvalue weighted by atomic mass is 16.5. The second kappa shape index (κ2) is 11.1. The highest BCUT2D eigenvalue weighted by Crippen LogP contribution is 2.58. The molecule has 2 saturated carbocycles. The summed E-state index contributed by atoms with van der Waals surface area (Å²) < 4.78 is 6.23. The number of nitrogens with one attached hydrogen (secondary N) is 1. The lowest BCUT2D eigenvalue weighted by atomic mass is 9.49. The van der Waals surface area contributed by atoms with Crippen LogP contribution in [-0.4, -0.2) is 11.8 Å². The first kappa shape index (κ1) is 27.8. The molecule has 0 heterocycles. The molecule has 214 valence electrons. The van der Waals surface area contributed by atoms with Crippen molar-refractivity contribution in [3.63, 3.8) is 0 Å². The van der Waals surface area contributed by atoms with E-state index in [0.717, 1.165) is 81.1 Å². The second-order valence-electron chi connectivity index (χ2n) is 13.2. The summed E-state index contributed by atoms with van der Waals surface area (Å²) in [6, 6.07) is 26.9. The number of imide groups is 1. The maximum Gasteiger partial charge on any atom is 0.237 e. The van der Waals surface area contributed by atoms with E-state index in [1.165, 1.54) is 11.1 Å². The molecule has 3 atom stereocenters. The van der Waals surface area contributed by atoms with E-state index in [1.807, 2.05) is 36.4 Å². The van der Waals surface area contributed by atoms with Crippen LogP contribution >= 0.6 is 0 Å². The van der Waals surface area contributed by atoms with Crippen LogP contribution < -0.4 is 10.1 Å². The maximum atomic E-state index is 14.2. The van der Waals surface area contributed by atoms with E-state index in [-0.39, 0.29) is 23.1 Å². The minimum absolute atomic E-state index is 0.0840. The van der Waals surface area contributed by atoms with Gasteiger partial charge >= 0.3 is 0 Å². The molecule has 3 aliphatic rings. The lowest BCUT2D eigenvalue weighted by Gasteiger charge is -2.54. The predicted octanol–water partition coefficient (Wildman–Crippen LogP) is 7.82. The van der Waals surface area contributed by atoms with Gasteiger partial charge in [-0.15, -0.1) is 0 Å². The maximum absolute atomic E-state index is 14.2. The Balaban J connectivity index is 1.25. The molecule has 6 rings (SSSR count). The normalized spacial score (nSPS) is 26.7. The van der Waals surface area contributed by atoms with Crippen LogP contribution in [0, 0.1) is 11.3 Å². The molecule has 0 unspecified atom stereocenters. The third-order valence-electron chi connectivity index (χ3n) is 10.8. The Morgan fingerprint density at radius 2 is 1.51 bits per heavy atom. The van der Waals surface area contributed by atoms with Crippen molar-refractivity contribution in [2.24, 2.45) is 11.3 Å². The first-order valence-electron chi connectivity index (χ1n) is 15.6. The number of carbonyl (C=O) groups excluding carboxylic acids is 2. The van der Waals surface area contributed by atoms with Crippen molar-refractivity contribution in [2.75, 3.05) is 0 Å².